The molecule has 7 heteroatoms. The van der Waals surface area contributed by atoms with E-state index in [9.17, 15) is 4.79 Å². The minimum atomic E-state index is -0.162. The van der Waals surface area contributed by atoms with Crippen LogP contribution in [0.15, 0.2) is 35.1 Å². The van der Waals surface area contributed by atoms with Crippen LogP contribution in [0.5, 0.6) is 0 Å². The fraction of sp³-hybridized carbons (Fsp3) is 0.250. The molecule has 6 nitrogen and oxygen atoms in total. The molecule has 118 valence electrons. The van der Waals surface area contributed by atoms with Gasteiger partial charge in [0.2, 0.25) is 0 Å². The van der Waals surface area contributed by atoms with Crippen molar-refractivity contribution in [2.24, 2.45) is 0 Å². The van der Waals surface area contributed by atoms with E-state index in [-0.39, 0.29) is 5.91 Å². The summed E-state index contributed by atoms with van der Waals surface area (Å²) in [6.07, 6.45) is 4.25. The highest BCUT2D eigenvalue weighted by Crippen LogP contribution is 2.27. The van der Waals surface area contributed by atoms with Gasteiger partial charge in [-0.25, -0.2) is 4.98 Å². The van der Waals surface area contributed by atoms with Crippen LogP contribution in [0.1, 0.15) is 33.7 Å². The average molecular weight is 328 g/mol. The zero-order valence-corrected chi connectivity index (χ0v) is 13.7. The lowest BCUT2D eigenvalue weighted by atomic mass is 10.3. The first-order valence-electron chi connectivity index (χ1n) is 7.28. The fourth-order valence-corrected chi connectivity index (χ4v) is 3.05. The molecule has 0 atom stereocenters. The van der Waals surface area contributed by atoms with E-state index >= 15 is 0 Å². The Bertz CT molecular complexity index is 811. The maximum atomic E-state index is 12.3. The van der Waals surface area contributed by atoms with E-state index in [0.29, 0.717) is 22.9 Å². The van der Waals surface area contributed by atoms with Crippen molar-refractivity contribution in [2.45, 2.75) is 26.8 Å². The lowest BCUT2D eigenvalue weighted by molar-refractivity contribution is 0.0950. The minimum Gasteiger partial charge on any atom is -0.359 e. The van der Waals surface area contributed by atoms with Gasteiger partial charge in [-0.15, -0.1) is 11.3 Å². The van der Waals surface area contributed by atoms with Crippen LogP contribution in [0.25, 0.3) is 10.6 Å². The van der Waals surface area contributed by atoms with Crippen molar-refractivity contribution in [2.75, 3.05) is 0 Å². The Morgan fingerprint density at radius 3 is 3.00 bits per heavy atom. The zero-order valence-electron chi connectivity index (χ0n) is 12.9. The van der Waals surface area contributed by atoms with Gasteiger partial charge < -0.3 is 9.84 Å². The van der Waals surface area contributed by atoms with Crippen LogP contribution in [-0.2, 0) is 13.0 Å². The van der Waals surface area contributed by atoms with Crippen molar-refractivity contribution in [3.63, 3.8) is 0 Å². The summed E-state index contributed by atoms with van der Waals surface area (Å²) in [4.78, 5) is 21.5. The summed E-state index contributed by atoms with van der Waals surface area (Å²) < 4.78 is 5.16. The number of carbonyl (C=O) groups excluding carboxylic acids is 1. The Morgan fingerprint density at radius 1 is 1.43 bits per heavy atom. The molecular weight excluding hydrogens is 312 g/mol. The number of aryl methyl sites for hydroxylation is 2. The summed E-state index contributed by atoms with van der Waals surface area (Å²) in [5, 5.41) is 7.53. The topological polar surface area (TPSA) is 80.9 Å². The van der Waals surface area contributed by atoms with Gasteiger partial charge in [0.15, 0.2) is 5.76 Å². The number of aromatic nitrogens is 3. The third kappa shape index (κ3) is 3.45. The SMILES string of the molecule is CCc1cc(CNC(=O)c2sc(-c3cccnc3)nc2C)on1. The molecule has 0 aliphatic heterocycles. The van der Waals surface area contributed by atoms with Crippen LogP contribution < -0.4 is 5.32 Å². The highest BCUT2D eigenvalue weighted by Gasteiger charge is 2.16. The van der Waals surface area contributed by atoms with Crippen LogP contribution in [0, 0.1) is 6.92 Å². The van der Waals surface area contributed by atoms with Gasteiger partial charge in [-0.2, -0.15) is 0 Å². The summed E-state index contributed by atoms with van der Waals surface area (Å²) in [6, 6.07) is 5.62. The molecule has 0 aromatic carbocycles. The minimum absolute atomic E-state index is 0.162. The van der Waals surface area contributed by atoms with Gasteiger partial charge in [0.1, 0.15) is 9.88 Å². The first kappa shape index (κ1) is 15.4. The van der Waals surface area contributed by atoms with Gasteiger partial charge in [-0.1, -0.05) is 12.1 Å². The van der Waals surface area contributed by atoms with E-state index in [0.717, 1.165) is 22.7 Å². The lowest BCUT2D eigenvalue weighted by Gasteiger charge is -2.00. The van der Waals surface area contributed by atoms with Crippen molar-refractivity contribution >= 4 is 17.2 Å². The highest BCUT2D eigenvalue weighted by molar-refractivity contribution is 7.17. The van der Waals surface area contributed by atoms with Crippen LogP contribution in [0.4, 0.5) is 0 Å². The van der Waals surface area contributed by atoms with Crippen molar-refractivity contribution in [1.82, 2.24) is 20.4 Å². The second kappa shape index (κ2) is 6.70. The average Bonchev–Trinajstić information content (AvgIpc) is 3.20. The van der Waals surface area contributed by atoms with Gasteiger partial charge in [0, 0.05) is 24.0 Å². The normalized spacial score (nSPS) is 10.7. The van der Waals surface area contributed by atoms with Crippen LogP contribution >= 0.6 is 11.3 Å². The van der Waals surface area contributed by atoms with E-state index < -0.39 is 0 Å². The molecule has 3 heterocycles. The molecular formula is C16H16N4O2S. The summed E-state index contributed by atoms with van der Waals surface area (Å²) in [6.45, 7) is 4.14. The largest absolute Gasteiger partial charge is 0.359 e. The molecule has 0 aliphatic carbocycles. The molecule has 0 saturated heterocycles. The van der Waals surface area contributed by atoms with Gasteiger partial charge in [-0.3, -0.25) is 9.78 Å². The molecule has 3 rings (SSSR count). The molecule has 0 radical (unpaired) electrons. The van der Waals surface area contributed by atoms with Crippen LogP contribution in [-0.4, -0.2) is 21.0 Å². The van der Waals surface area contributed by atoms with Crippen molar-refractivity contribution < 1.29 is 9.32 Å². The maximum Gasteiger partial charge on any atom is 0.263 e. The second-order valence-corrected chi connectivity index (χ2v) is 6.00. The zero-order chi connectivity index (χ0) is 16.2. The number of hydrogen-bond donors (Lipinski definition) is 1. The highest BCUT2D eigenvalue weighted by atomic mass is 32.1. The van der Waals surface area contributed by atoms with Crippen LogP contribution in [0.3, 0.4) is 0 Å². The molecule has 0 spiro atoms. The summed E-state index contributed by atoms with van der Waals surface area (Å²) in [5.74, 6) is 0.481. The molecule has 0 saturated carbocycles. The molecule has 3 aromatic rings. The number of nitrogens with zero attached hydrogens (tertiary/aromatic N) is 3. The molecule has 0 bridgehead atoms. The number of hydrogen-bond acceptors (Lipinski definition) is 6. The molecule has 3 aromatic heterocycles. The van der Waals surface area contributed by atoms with E-state index in [1.54, 1.807) is 12.4 Å². The van der Waals surface area contributed by atoms with E-state index in [1.165, 1.54) is 11.3 Å². The Kier molecular flexibility index (Phi) is 4.47. The fourth-order valence-electron chi connectivity index (χ4n) is 2.07. The van der Waals surface area contributed by atoms with Crippen molar-refractivity contribution in [3.05, 3.63) is 52.6 Å². The van der Waals surface area contributed by atoms with Gasteiger partial charge in [0.05, 0.1) is 17.9 Å². The number of thiazole rings is 1. The predicted molar refractivity (Wildman–Crippen MR) is 87.1 cm³/mol. The number of nitrogens with one attached hydrogen (secondary N) is 1. The molecule has 0 unspecified atom stereocenters. The van der Waals surface area contributed by atoms with E-state index in [1.807, 2.05) is 32.0 Å². The number of carbonyl (C=O) groups is 1. The third-order valence-corrected chi connectivity index (χ3v) is 4.51. The third-order valence-electron chi connectivity index (χ3n) is 3.30. The first-order chi connectivity index (χ1) is 11.2. The van der Waals surface area contributed by atoms with Gasteiger partial charge in [0.25, 0.3) is 5.91 Å². The predicted octanol–water partition coefficient (Wildman–Crippen LogP) is 2.99. The monoisotopic (exact) mass is 328 g/mol. The van der Waals surface area contributed by atoms with E-state index in [4.69, 9.17) is 4.52 Å². The maximum absolute atomic E-state index is 12.3. The van der Waals surface area contributed by atoms with Crippen molar-refractivity contribution in [3.8, 4) is 10.6 Å². The van der Waals surface area contributed by atoms with Gasteiger partial charge in [-0.05, 0) is 25.5 Å². The second-order valence-electron chi connectivity index (χ2n) is 5.00. The van der Waals surface area contributed by atoms with Crippen LogP contribution in [0.2, 0.25) is 0 Å². The molecule has 1 amide bonds. The Labute approximate surface area is 137 Å². The first-order valence-corrected chi connectivity index (χ1v) is 8.09. The van der Waals surface area contributed by atoms with Gasteiger partial charge >= 0.3 is 0 Å². The number of rotatable bonds is 5. The standard InChI is InChI=1S/C16H16N4O2S/c1-3-12-7-13(22-20-12)9-18-15(21)14-10(2)19-16(23-14)11-5-4-6-17-8-11/h4-8H,3,9H2,1-2H3,(H,18,21). The molecule has 1 N–H and O–H groups in total. The molecule has 0 aliphatic rings. The quantitative estimate of drug-likeness (QED) is 0.778. The Morgan fingerprint density at radius 2 is 2.30 bits per heavy atom. The van der Waals surface area contributed by atoms with E-state index in [2.05, 4.69) is 20.4 Å². The Hall–Kier alpha value is -2.54. The number of pyridine rings is 1. The Balaban J connectivity index is 1.71. The molecule has 23 heavy (non-hydrogen) atoms. The summed E-state index contributed by atoms with van der Waals surface area (Å²) >= 11 is 1.36. The summed E-state index contributed by atoms with van der Waals surface area (Å²) in [7, 11) is 0. The number of amides is 1. The smallest absolute Gasteiger partial charge is 0.263 e. The summed E-state index contributed by atoms with van der Waals surface area (Å²) in [5.41, 5.74) is 2.49. The lowest BCUT2D eigenvalue weighted by Crippen LogP contribution is -2.22. The molecule has 0 fully saturated rings. The van der Waals surface area contributed by atoms with Crippen molar-refractivity contribution in [1.29, 1.82) is 0 Å².